The molecule has 9 nitrogen and oxygen atoms in total. The van der Waals surface area contributed by atoms with Crippen LogP contribution in [-0.4, -0.2) is 53.9 Å². The summed E-state index contributed by atoms with van der Waals surface area (Å²) in [6, 6.07) is 25.1. The Morgan fingerprint density at radius 2 is 1.29 bits per heavy atom. The van der Waals surface area contributed by atoms with Crippen molar-refractivity contribution in [2.24, 2.45) is 5.92 Å². The number of aliphatic hydroxyl groups is 1. The number of hydrogen-bond acceptors (Lipinski definition) is 7. The van der Waals surface area contributed by atoms with Crippen molar-refractivity contribution >= 4 is 18.0 Å². The van der Waals surface area contributed by atoms with Gasteiger partial charge in [-0.05, 0) is 36.0 Å². The Labute approximate surface area is 247 Å². The molecule has 3 aromatic carbocycles. The molecule has 0 saturated heterocycles. The van der Waals surface area contributed by atoms with Crippen molar-refractivity contribution in [3.63, 3.8) is 0 Å². The van der Waals surface area contributed by atoms with Gasteiger partial charge in [0, 0.05) is 6.54 Å². The fourth-order valence-corrected chi connectivity index (χ4v) is 4.46. The van der Waals surface area contributed by atoms with Gasteiger partial charge in [0.25, 0.3) is 0 Å². The van der Waals surface area contributed by atoms with Crippen LogP contribution in [0.4, 0.5) is 4.79 Å². The van der Waals surface area contributed by atoms with Crippen LogP contribution >= 0.6 is 0 Å². The van der Waals surface area contributed by atoms with Gasteiger partial charge < -0.3 is 25.2 Å². The maximum Gasteiger partial charge on any atom is 0.408 e. The van der Waals surface area contributed by atoms with Gasteiger partial charge in [-0.15, -0.1) is 0 Å². The Hall–Kier alpha value is -4.21. The molecule has 9 heteroatoms. The first-order valence-corrected chi connectivity index (χ1v) is 14.2. The summed E-state index contributed by atoms with van der Waals surface area (Å²) in [5.41, 5.74) is 2.59. The van der Waals surface area contributed by atoms with E-state index in [1.54, 1.807) is 20.8 Å². The van der Waals surface area contributed by atoms with Crippen LogP contribution < -0.4 is 16.0 Å². The molecule has 4 N–H and O–H groups in total. The molecule has 0 aliphatic carbocycles. The van der Waals surface area contributed by atoms with Crippen molar-refractivity contribution in [3.8, 4) is 0 Å². The summed E-state index contributed by atoms with van der Waals surface area (Å²) in [6.45, 7) is 5.78. The second-order valence-electron chi connectivity index (χ2n) is 10.3. The van der Waals surface area contributed by atoms with Gasteiger partial charge in [0.1, 0.15) is 24.8 Å². The maximum absolute atomic E-state index is 13.6. The van der Waals surface area contributed by atoms with Crippen molar-refractivity contribution in [2.45, 2.75) is 64.6 Å². The van der Waals surface area contributed by atoms with Gasteiger partial charge in [0.05, 0.1) is 12.6 Å². The number of hydrogen-bond donors (Lipinski definition) is 4. The lowest BCUT2D eigenvalue weighted by Crippen LogP contribution is -2.60. The van der Waals surface area contributed by atoms with Crippen molar-refractivity contribution < 1.29 is 29.0 Å². The SMILES string of the molecule is CCOC(=O)[C@H](NCc1ccccc1)[C@H](O)[C@H](Cc1ccccc1)NC(=O)[C@@H](NC(=O)OCc1ccccc1)C(C)C. The summed E-state index contributed by atoms with van der Waals surface area (Å²) in [6.07, 6.45) is -1.85. The van der Waals surface area contributed by atoms with Crippen LogP contribution in [0.25, 0.3) is 0 Å². The lowest BCUT2D eigenvalue weighted by molar-refractivity contribution is -0.150. The summed E-state index contributed by atoms with van der Waals surface area (Å²) < 4.78 is 10.6. The fourth-order valence-electron chi connectivity index (χ4n) is 4.46. The highest BCUT2D eigenvalue weighted by molar-refractivity contribution is 5.86. The van der Waals surface area contributed by atoms with Gasteiger partial charge in [-0.3, -0.25) is 14.9 Å². The number of rotatable bonds is 15. The topological polar surface area (TPSA) is 126 Å². The molecule has 0 aliphatic heterocycles. The van der Waals surface area contributed by atoms with Crippen molar-refractivity contribution in [1.82, 2.24) is 16.0 Å². The van der Waals surface area contributed by atoms with Gasteiger partial charge >= 0.3 is 12.1 Å². The van der Waals surface area contributed by atoms with Crippen LogP contribution in [0.5, 0.6) is 0 Å². The number of aliphatic hydroxyl groups excluding tert-OH is 1. The standard InChI is InChI=1S/C33H41N3O6/c1-4-41-32(39)29(34-21-25-16-10-6-11-17-25)30(37)27(20-24-14-8-5-9-15-24)35-31(38)28(23(2)3)36-33(40)42-22-26-18-12-7-13-19-26/h5-19,23,27-30,34,37H,4,20-22H2,1-3H3,(H,35,38)(H,36,40)/t27-,28-,29+,30+/m0/s1. The van der Waals surface area contributed by atoms with Crippen LogP contribution in [0, 0.1) is 5.92 Å². The molecule has 0 aliphatic rings. The highest BCUT2D eigenvalue weighted by Crippen LogP contribution is 2.14. The minimum absolute atomic E-state index is 0.0583. The smallest absolute Gasteiger partial charge is 0.408 e. The zero-order valence-corrected chi connectivity index (χ0v) is 24.4. The molecular weight excluding hydrogens is 534 g/mol. The zero-order valence-electron chi connectivity index (χ0n) is 24.4. The highest BCUT2D eigenvalue weighted by atomic mass is 16.5. The van der Waals surface area contributed by atoms with E-state index < -0.39 is 42.2 Å². The predicted octanol–water partition coefficient (Wildman–Crippen LogP) is 3.75. The third-order valence-corrected chi connectivity index (χ3v) is 6.72. The average molecular weight is 576 g/mol. The summed E-state index contributed by atoms with van der Waals surface area (Å²) in [5.74, 6) is -1.43. The van der Waals surface area contributed by atoms with Crippen molar-refractivity contribution in [3.05, 3.63) is 108 Å². The van der Waals surface area contributed by atoms with E-state index in [0.29, 0.717) is 6.54 Å². The number of carbonyl (C=O) groups is 3. The lowest BCUT2D eigenvalue weighted by Gasteiger charge is -2.32. The summed E-state index contributed by atoms with van der Waals surface area (Å²) in [4.78, 5) is 39.2. The molecule has 0 saturated carbocycles. The number of alkyl carbamates (subject to hydrolysis) is 1. The number of ether oxygens (including phenoxy) is 2. The van der Waals surface area contributed by atoms with E-state index in [1.165, 1.54) is 0 Å². The Bertz CT molecular complexity index is 1240. The molecule has 42 heavy (non-hydrogen) atoms. The van der Waals surface area contributed by atoms with E-state index in [1.807, 2.05) is 91.0 Å². The Morgan fingerprint density at radius 3 is 1.83 bits per heavy atom. The molecule has 0 spiro atoms. The number of carbonyl (C=O) groups excluding carboxylic acids is 3. The molecule has 3 rings (SSSR count). The minimum atomic E-state index is -1.35. The van der Waals surface area contributed by atoms with Crippen molar-refractivity contribution in [1.29, 1.82) is 0 Å². The molecule has 0 bridgehead atoms. The molecule has 2 amide bonds. The third-order valence-electron chi connectivity index (χ3n) is 6.72. The molecule has 0 fully saturated rings. The summed E-state index contributed by atoms with van der Waals surface area (Å²) >= 11 is 0. The quantitative estimate of drug-likeness (QED) is 0.203. The third kappa shape index (κ3) is 10.3. The molecule has 4 atom stereocenters. The normalized spacial score (nSPS) is 13.8. The van der Waals surface area contributed by atoms with E-state index in [-0.39, 0.29) is 25.6 Å². The number of amides is 2. The van der Waals surface area contributed by atoms with Crippen LogP contribution in [0.2, 0.25) is 0 Å². The van der Waals surface area contributed by atoms with Gasteiger partial charge in [0.2, 0.25) is 5.91 Å². The van der Waals surface area contributed by atoms with Gasteiger partial charge in [-0.2, -0.15) is 0 Å². The van der Waals surface area contributed by atoms with Crippen LogP contribution in [0.1, 0.15) is 37.5 Å². The summed E-state index contributed by atoms with van der Waals surface area (Å²) in [5, 5.41) is 20.2. The van der Waals surface area contributed by atoms with Gasteiger partial charge in [-0.1, -0.05) is 105 Å². The van der Waals surface area contributed by atoms with E-state index in [2.05, 4.69) is 16.0 Å². The monoisotopic (exact) mass is 575 g/mol. The van der Waals surface area contributed by atoms with Crippen LogP contribution in [-0.2, 0) is 38.6 Å². The first kappa shape index (κ1) is 32.3. The van der Waals surface area contributed by atoms with Crippen molar-refractivity contribution in [2.75, 3.05) is 6.61 Å². The van der Waals surface area contributed by atoms with E-state index in [9.17, 15) is 19.5 Å². The number of nitrogens with one attached hydrogen (secondary N) is 3. The molecule has 0 aromatic heterocycles. The molecule has 3 aromatic rings. The Kier molecular flexibility index (Phi) is 13.0. The molecular formula is C33H41N3O6. The molecule has 0 radical (unpaired) electrons. The second-order valence-corrected chi connectivity index (χ2v) is 10.3. The first-order chi connectivity index (χ1) is 20.3. The van der Waals surface area contributed by atoms with Crippen LogP contribution in [0.3, 0.4) is 0 Å². The van der Waals surface area contributed by atoms with E-state index in [0.717, 1.165) is 16.7 Å². The Morgan fingerprint density at radius 1 is 0.738 bits per heavy atom. The number of esters is 1. The van der Waals surface area contributed by atoms with Gasteiger partial charge in [-0.25, -0.2) is 4.79 Å². The number of benzene rings is 3. The minimum Gasteiger partial charge on any atom is -0.465 e. The Balaban J connectivity index is 1.77. The zero-order chi connectivity index (χ0) is 30.3. The van der Waals surface area contributed by atoms with E-state index in [4.69, 9.17) is 9.47 Å². The van der Waals surface area contributed by atoms with Crippen LogP contribution in [0.15, 0.2) is 91.0 Å². The first-order valence-electron chi connectivity index (χ1n) is 14.2. The largest absolute Gasteiger partial charge is 0.465 e. The molecule has 0 heterocycles. The summed E-state index contributed by atoms with van der Waals surface area (Å²) in [7, 11) is 0. The highest BCUT2D eigenvalue weighted by Gasteiger charge is 2.36. The second kappa shape index (κ2) is 16.9. The van der Waals surface area contributed by atoms with Gasteiger partial charge in [0.15, 0.2) is 0 Å². The maximum atomic E-state index is 13.6. The average Bonchev–Trinajstić information content (AvgIpc) is 3.00. The molecule has 0 unspecified atom stereocenters. The predicted molar refractivity (Wildman–Crippen MR) is 160 cm³/mol. The fraction of sp³-hybridized carbons (Fsp3) is 0.364. The molecule has 224 valence electrons. The lowest BCUT2D eigenvalue weighted by atomic mass is 9.94. The van der Waals surface area contributed by atoms with E-state index >= 15 is 0 Å².